The van der Waals surface area contributed by atoms with Gasteiger partial charge in [0.15, 0.2) is 0 Å². The second-order valence-electron chi connectivity index (χ2n) is 4.34. The van der Waals surface area contributed by atoms with Gasteiger partial charge in [-0.05, 0) is 32.4 Å². The fraction of sp³-hybridized carbons (Fsp3) is 0.500. The SMILES string of the molecule is COc1ncccc1C(=O)NC(C)(C)CCBr. The van der Waals surface area contributed by atoms with Gasteiger partial charge in [-0.25, -0.2) is 4.98 Å². The Morgan fingerprint density at radius 2 is 2.29 bits per heavy atom. The largest absolute Gasteiger partial charge is 0.480 e. The number of hydrogen-bond acceptors (Lipinski definition) is 3. The summed E-state index contributed by atoms with van der Waals surface area (Å²) in [5.41, 5.74) is 0.194. The highest BCUT2D eigenvalue weighted by Gasteiger charge is 2.22. The third-order valence-electron chi connectivity index (χ3n) is 2.38. The number of nitrogens with zero attached hydrogens (tertiary/aromatic N) is 1. The minimum absolute atomic E-state index is 0.166. The smallest absolute Gasteiger partial charge is 0.257 e. The number of rotatable bonds is 5. The molecule has 4 nitrogen and oxygen atoms in total. The first-order valence-electron chi connectivity index (χ1n) is 5.37. The predicted molar refractivity (Wildman–Crippen MR) is 70.7 cm³/mol. The summed E-state index contributed by atoms with van der Waals surface area (Å²) in [5.74, 6) is 0.181. The Balaban J connectivity index is 2.83. The molecule has 1 N–H and O–H groups in total. The van der Waals surface area contributed by atoms with Crippen molar-refractivity contribution in [2.24, 2.45) is 0 Å². The topological polar surface area (TPSA) is 51.2 Å². The molecule has 0 aliphatic heterocycles. The van der Waals surface area contributed by atoms with E-state index >= 15 is 0 Å². The van der Waals surface area contributed by atoms with E-state index < -0.39 is 0 Å². The van der Waals surface area contributed by atoms with E-state index in [1.54, 1.807) is 18.3 Å². The predicted octanol–water partition coefficient (Wildman–Crippen LogP) is 2.38. The van der Waals surface area contributed by atoms with Crippen molar-refractivity contribution in [3.8, 4) is 5.88 Å². The number of carbonyl (C=O) groups is 1. The van der Waals surface area contributed by atoms with Crippen LogP contribution < -0.4 is 10.1 Å². The van der Waals surface area contributed by atoms with E-state index in [9.17, 15) is 4.79 Å². The van der Waals surface area contributed by atoms with Crippen molar-refractivity contribution in [1.29, 1.82) is 0 Å². The molecule has 0 aliphatic rings. The number of carbonyl (C=O) groups excluding carboxylic acids is 1. The zero-order chi connectivity index (χ0) is 12.9. The van der Waals surface area contributed by atoms with Crippen molar-refractivity contribution < 1.29 is 9.53 Å². The molecule has 0 fully saturated rings. The highest BCUT2D eigenvalue weighted by molar-refractivity contribution is 9.09. The normalized spacial score (nSPS) is 11.1. The van der Waals surface area contributed by atoms with Crippen LogP contribution in [-0.4, -0.2) is 28.9 Å². The van der Waals surface area contributed by atoms with Crippen LogP contribution in [0, 0.1) is 0 Å². The summed E-state index contributed by atoms with van der Waals surface area (Å²) >= 11 is 3.37. The van der Waals surface area contributed by atoms with Gasteiger partial charge < -0.3 is 10.1 Å². The molecule has 0 atom stereocenters. The number of ether oxygens (including phenoxy) is 1. The van der Waals surface area contributed by atoms with Crippen LogP contribution in [0.2, 0.25) is 0 Å². The maximum Gasteiger partial charge on any atom is 0.257 e. The van der Waals surface area contributed by atoms with Gasteiger partial charge in [-0.3, -0.25) is 4.79 Å². The Kier molecular flexibility index (Phi) is 4.93. The molecule has 0 spiro atoms. The lowest BCUT2D eigenvalue weighted by molar-refractivity contribution is 0.0908. The van der Waals surface area contributed by atoms with Gasteiger partial charge in [0.2, 0.25) is 5.88 Å². The van der Waals surface area contributed by atoms with Gasteiger partial charge in [0.25, 0.3) is 5.91 Å². The van der Waals surface area contributed by atoms with E-state index in [2.05, 4.69) is 26.2 Å². The number of amides is 1. The summed E-state index contributed by atoms with van der Waals surface area (Å²) in [6.07, 6.45) is 2.44. The van der Waals surface area contributed by atoms with E-state index in [0.717, 1.165) is 11.8 Å². The van der Waals surface area contributed by atoms with Gasteiger partial charge in [0, 0.05) is 17.1 Å². The van der Waals surface area contributed by atoms with Gasteiger partial charge in [0.1, 0.15) is 5.56 Å². The van der Waals surface area contributed by atoms with E-state index in [1.807, 2.05) is 13.8 Å². The molecule has 5 heteroatoms. The van der Waals surface area contributed by atoms with Crippen molar-refractivity contribution in [3.63, 3.8) is 0 Å². The van der Waals surface area contributed by atoms with Crippen molar-refractivity contribution in [1.82, 2.24) is 10.3 Å². The second-order valence-corrected chi connectivity index (χ2v) is 5.13. The number of pyridine rings is 1. The first kappa shape index (κ1) is 14.0. The summed E-state index contributed by atoms with van der Waals surface area (Å²) in [4.78, 5) is 16.1. The van der Waals surface area contributed by atoms with E-state index in [0.29, 0.717) is 11.4 Å². The molecule has 1 aromatic heterocycles. The number of halogens is 1. The van der Waals surface area contributed by atoms with Crippen LogP contribution in [0.3, 0.4) is 0 Å². The van der Waals surface area contributed by atoms with Crippen molar-refractivity contribution >= 4 is 21.8 Å². The molecule has 0 bridgehead atoms. The molecular formula is C12H17BrN2O2. The zero-order valence-corrected chi connectivity index (χ0v) is 11.9. The Bertz CT molecular complexity index is 394. The summed E-state index contributed by atoms with van der Waals surface area (Å²) in [6.45, 7) is 3.96. The van der Waals surface area contributed by atoms with Crippen LogP contribution in [0.1, 0.15) is 30.6 Å². The van der Waals surface area contributed by atoms with E-state index in [-0.39, 0.29) is 11.4 Å². The van der Waals surface area contributed by atoms with Crippen LogP contribution >= 0.6 is 15.9 Å². The Morgan fingerprint density at radius 3 is 2.88 bits per heavy atom. The summed E-state index contributed by atoms with van der Waals surface area (Å²) in [5, 5.41) is 3.80. The molecule has 1 aromatic rings. The summed E-state index contributed by atoms with van der Waals surface area (Å²) in [6, 6.07) is 3.42. The standard InChI is InChI=1S/C12H17BrN2O2/c1-12(2,6-7-13)15-10(16)9-5-4-8-14-11(9)17-3/h4-5,8H,6-7H2,1-3H3,(H,15,16). The molecule has 0 aliphatic carbocycles. The van der Waals surface area contributed by atoms with E-state index in [4.69, 9.17) is 4.74 Å². The van der Waals surface area contributed by atoms with Gasteiger partial charge in [-0.2, -0.15) is 0 Å². The minimum Gasteiger partial charge on any atom is -0.480 e. The van der Waals surface area contributed by atoms with Gasteiger partial charge in [-0.15, -0.1) is 0 Å². The summed E-state index contributed by atoms with van der Waals surface area (Å²) < 4.78 is 5.06. The molecule has 17 heavy (non-hydrogen) atoms. The number of hydrogen-bond donors (Lipinski definition) is 1. The average Bonchev–Trinajstić information content (AvgIpc) is 2.28. The Morgan fingerprint density at radius 1 is 1.59 bits per heavy atom. The van der Waals surface area contributed by atoms with Gasteiger partial charge in [0.05, 0.1) is 7.11 Å². The van der Waals surface area contributed by atoms with Crippen LogP contribution in [0.4, 0.5) is 0 Å². The summed E-state index contributed by atoms with van der Waals surface area (Å²) in [7, 11) is 1.50. The van der Waals surface area contributed by atoms with Crippen molar-refractivity contribution in [3.05, 3.63) is 23.9 Å². The molecule has 1 amide bonds. The number of nitrogens with one attached hydrogen (secondary N) is 1. The maximum atomic E-state index is 12.1. The zero-order valence-electron chi connectivity index (χ0n) is 10.3. The number of methoxy groups -OCH3 is 1. The number of aromatic nitrogens is 1. The average molecular weight is 301 g/mol. The molecule has 0 saturated carbocycles. The van der Waals surface area contributed by atoms with Crippen LogP contribution in [0.5, 0.6) is 5.88 Å². The molecule has 94 valence electrons. The van der Waals surface area contributed by atoms with Crippen molar-refractivity contribution in [2.75, 3.05) is 12.4 Å². The first-order valence-corrected chi connectivity index (χ1v) is 6.50. The second kappa shape index (κ2) is 6.00. The third-order valence-corrected chi connectivity index (χ3v) is 2.78. The molecule has 0 radical (unpaired) electrons. The maximum absolute atomic E-state index is 12.1. The number of alkyl halides is 1. The molecule has 0 saturated heterocycles. The highest BCUT2D eigenvalue weighted by Crippen LogP contribution is 2.16. The Hall–Kier alpha value is -1.10. The minimum atomic E-state index is -0.262. The van der Waals surface area contributed by atoms with E-state index in [1.165, 1.54) is 7.11 Å². The lowest BCUT2D eigenvalue weighted by Gasteiger charge is -2.25. The van der Waals surface area contributed by atoms with Crippen LogP contribution in [0.25, 0.3) is 0 Å². The molecule has 0 unspecified atom stereocenters. The fourth-order valence-corrected chi connectivity index (χ4v) is 2.39. The van der Waals surface area contributed by atoms with Crippen LogP contribution in [-0.2, 0) is 0 Å². The quantitative estimate of drug-likeness (QED) is 0.850. The molecule has 0 aromatic carbocycles. The third kappa shape index (κ3) is 4.00. The van der Waals surface area contributed by atoms with Gasteiger partial charge >= 0.3 is 0 Å². The van der Waals surface area contributed by atoms with Crippen molar-refractivity contribution in [2.45, 2.75) is 25.8 Å². The molecule has 1 heterocycles. The lowest BCUT2D eigenvalue weighted by Crippen LogP contribution is -2.43. The molecule has 1 rings (SSSR count). The molecular weight excluding hydrogens is 284 g/mol. The van der Waals surface area contributed by atoms with Crippen LogP contribution in [0.15, 0.2) is 18.3 Å². The first-order chi connectivity index (χ1) is 8.00. The lowest BCUT2D eigenvalue weighted by atomic mass is 10.0. The highest BCUT2D eigenvalue weighted by atomic mass is 79.9. The Labute approximate surface area is 110 Å². The monoisotopic (exact) mass is 300 g/mol. The fourth-order valence-electron chi connectivity index (χ4n) is 1.40. The van der Waals surface area contributed by atoms with Gasteiger partial charge in [-0.1, -0.05) is 15.9 Å².